The number of amides is 2. The SMILES string of the molecule is CC(=O)[C@@]1(O)CC[C@H]2[C@H]3CCC4=C/C(=N/OCC(=O)N[C@@H](CCC(N)=O)C(=O)O)CC[C@]4(C)[C@@H]3CC[C@@]21C. The fraction of sp³-hybridized carbons (Fsp3) is 0.750. The van der Waals surface area contributed by atoms with Gasteiger partial charge in [0.05, 0.1) is 5.71 Å². The molecule has 0 aliphatic heterocycles. The van der Waals surface area contributed by atoms with Gasteiger partial charge in [-0.1, -0.05) is 24.6 Å². The van der Waals surface area contributed by atoms with Gasteiger partial charge in [-0.2, -0.15) is 0 Å². The normalized spacial score (nSPS) is 37.7. The van der Waals surface area contributed by atoms with Crippen molar-refractivity contribution in [3.63, 3.8) is 0 Å². The summed E-state index contributed by atoms with van der Waals surface area (Å²) in [5, 5.41) is 27.0. The molecule has 10 nitrogen and oxygen atoms in total. The molecular formula is C28H41N3O7. The van der Waals surface area contributed by atoms with Crippen LogP contribution < -0.4 is 11.1 Å². The number of carboxylic acid groups (broad SMARTS) is 1. The van der Waals surface area contributed by atoms with Gasteiger partial charge in [-0.3, -0.25) is 14.4 Å². The first kappa shape index (κ1) is 28.3. The fourth-order valence-corrected chi connectivity index (χ4v) is 8.19. The van der Waals surface area contributed by atoms with Gasteiger partial charge >= 0.3 is 5.97 Å². The molecule has 10 heteroatoms. The number of allylic oxidation sites excluding steroid dienone is 2. The molecule has 0 aromatic heterocycles. The molecule has 0 aromatic carbocycles. The van der Waals surface area contributed by atoms with Crippen LogP contribution in [0.3, 0.4) is 0 Å². The molecule has 0 saturated heterocycles. The minimum atomic E-state index is -1.25. The van der Waals surface area contributed by atoms with Crippen molar-refractivity contribution < 1.29 is 34.2 Å². The van der Waals surface area contributed by atoms with E-state index in [1.54, 1.807) is 0 Å². The number of primary amides is 1. The second-order valence-corrected chi connectivity index (χ2v) is 12.2. The van der Waals surface area contributed by atoms with Crippen molar-refractivity contribution in [3.05, 3.63) is 11.6 Å². The smallest absolute Gasteiger partial charge is 0.326 e. The molecule has 0 radical (unpaired) electrons. The summed E-state index contributed by atoms with van der Waals surface area (Å²) in [5.41, 5.74) is 5.64. The highest BCUT2D eigenvalue weighted by Crippen LogP contribution is 2.67. The first-order valence-corrected chi connectivity index (χ1v) is 13.8. The largest absolute Gasteiger partial charge is 0.480 e. The number of nitrogens with two attached hydrogens (primary N) is 1. The minimum Gasteiger partial charge on any atom is -0.480 e. The van der Waals surface area contributed by atoms with Crippen LogP contribution >= 0.6 is 0 Å². The van der Waals surface area contributed by atoms with Gasteiger partial charge in [-0.15, -0.1) is 0 Å². The number of carboxylic acids is 1. The molecule has 0 bridgehead atoms. The predicted molar refractivity (Wildman–Crippen MR) is 139 cm³/mol. The molecule has 4 rings (SSSR count). The summed E-state index contributed by atoms with van der Waals surface area (Å²) in [5.74, 6) is -1.28. The Bertz CT molecular complexity index is 1070. The molecule has 4 aliphatic carbocycles. The molecule has 0 spiro atoms. The van der Waals surface area contributed by atoms with Crippen LogP contribution in [0.2, 0.25) is 0 Å². The monoisotopic (exact) mass is 531 g/mol. The Hall–Kier alpha value is -2.75. The zero-order valence-electron chi connectivity index (χ0n) is 22.6. The Morgan fingerprint density at radius 1 is 1.13 bits per heavy atom. The van der Waals surface area contributed by atoms with E-state index in [0.29, 0.717) is 30.6 Å². The number of nitrogens with zero attached hydrogens (tertiary/aromatic N) is 1. The van der Waals surface area contributed by atoms with Crippen molar-refractivity contribution >= 4 is 29.3 Å². The van der Waals surface area contributed by atoms with E-state index in [0.717, 1.165) is 44.2 Å². The van der Waals surface area contributed by atoms with Crippen molar-refractivity contribution in [2.45, 2.75) is 96.6 Å². The lowest BCUT2D eigenvalue weighted by Crippen LogP contribution is -2.57. The Morgan fingerprint density at radius 2 is 1.84 bits per heavy atom. The lowest BCUT2D eigenvalue weighted by atomic mass is 9.46. The predicted octanol–water partition coefficient (Wildman–Crippen LogP) is 2.48. The standard InChI is InChI=1S/C28H41N3O7/c1-16(32)28(37)13-10-21-19-5-4-17-14-18(8-11-26(17,2)20(19)9-12-27(21,28)3)31-38-15-24(34)30-22(25(35)36)6-7-23(29)33/h14,19-22,37H,4-13,15H2,1-3H3,(H2,29,33)(H,30,34)(H,35,36)/b31-18+/t19-,20+,21-,22-,26-,27-,28-/m0/s1. The number of hydrogen-bond acceptors (Lipinski definition) is 7. The van der Waals surface area contributed by atoms with Gasteiger partial charge < -0.3 is 26.1 Å². The molecule has 38 heavy (non-hydrogen) atoms. The van der Waals surface area contributed by atoms with Gasteiger partial charge in [0.2, 0.25) is 5.91 Å². The quantitative estimate of drug-likeness (QED) is 0.331. The molecule has 0 aromatic rings. The second kappa shape index (κ2) is 10.4. The topological polar surface area (TPSA) is 168 Å². The third kappa shape index (κ3) is 4.87. The van der Waals surface area contributed by atoms with Crippen LogP contribution in [-0.4, -0.2) is 57.7 Å². The van der Waals surface area contributed by atoms with E-state index in [1.807, 2.05) is 0 Å². The van der Waals surface area contributed by atoms with E-state index < -0.39 is 36.0 Å². The summed E-state index contributed by atoms with van der Waals surface area (Å²) < 4.78 is 0. The van der Waals surface area contributed by atoms with Gasteiger partial charge in [0.25, 0.3) is 5.91 Å². The summed E-state index contributed by atoms with van der Waals surface area (Å²) in [6, 6.07) is -1.22. The van der Waals surface area contributed by atoms with Crippen molar-refractivity contribution in [1.29, 1.82) is 0 Å². The summed E-state index contributed by atoms with van der Waals surface area (Å²) in [6.07, 6.45) is 8.75. The van der Waals surface area contributed by atoms with Crippen LogP contribution in [0.5, 0.6) is 0 Å². The van der Waals surface area contributed by atoms with Crippen LogP contribution in [0.15, 0.2) is 16.8 Å². The maximum atomic E-state index is 12.4. The van der Waals surface area contributed by atoms with Gasteiger partial charge in [-0.05, 0) is 94.0 Å². The van der Waals surface area contributed by atoms with Crippen LogP contribution in [-0.2, 0) is 24.0 Å². The summed E-state index contributed by atoms with van der Waals surface area (Å²) >= 11 is 0. The molecule has 2 amide bonds. The van der Waals surface area contributed by atoms with E-state index >= 15 is 0 Å². The summed E-state index contributed by atoms with van der Waals surface area (Å²) in [6.45, 7) is 5.58. The second-order valence-electron chi connectivity index (χ2n) is 12.2. The zero-order chi connectivity index (χ0) is 27.9. The van der Waals surface area contributed by atoms with E-state index in [-0.39, 0.29) is 29.5 Å². The maximum absolute atomic E-state index is 12.4. The molecule has 3 saturated carbocycles. The van der Waals surface area contributed by atoms with Crippen molar-refractivity contribution in [1.82, 2.24) is 5.32 Å². The number of rotatable bonds is 9. The summed E-state index contributed by atoms with van der Waals surface area (Å²) in [4.78, 5) is 52.1. The van der Waals surface area contributed by atoms with Gasteiger partial charge in [0, 0.05) is 11.8 Å². The van der Waals surface area contributed by atoms with E-state index in [1.165, 1.54) is 12.5 Å². The summed E-state index contributed by atoms with van der Waals surface area (Å²) in [7, 11) is 0. The number of nitrogens with one attached hydrogen (secondary N) is 1. The number of ketones is 1. The average molecular weight is 532 g/mol. The van der Waals surface area contributed by atoms with E-state index in [2.05, 4.69) is 30.4 Å². The van der Waals surface area contributed by atoms with Crippen LogP contribution in [0, 0.1) is 28.6 Å². The van der Waals surface area contributed by atoms with Gasteiger partial charge in [-0.25, -0.2) is 4.79 Å². The van der Waals surface area contributed by atoms with Crippen LogP contribution in [0.25, 0.3) is 0 Å². The fourth-order valence-electron chi connectivity index (χ4n) is 8.19. The highest BCUT2D eigenvalue weighted by molar-refractivity contribution is 5.96. The molecule has 0 heterocycles. The number of fused-ring (bicyclic) bond motifs is 5. The number of Topliss-reactive ketones (excluding diaryl/α,β-unsaturated/α-hetero) is 1. The molecule has 7 atom stereocenters. The van der Waals surface area contributed by atoms with Gasteiger partial charge in [0.1, 0.15) is 11.6 Å². The number of carbonyl (C=O) groups is 4. The Morgan fingerprint density at radius 3 is 2.50 bits per heavy atom. The van der Waals surface area contributed by atoms with Crippen molar-refractivity contribution in [2.75, 3.05) is 6.61 Å². The van der Waals surface area contributed by atoms with Crippen LogP contribution in [0.1, 0.15) is 85.0 Å². The van der Waals surface area contributed by atoms with E-state index in [4.69, 9.17) is 10.6 Å². The highest BCUT2D eigenvalue weighted by Gasteiger charge is 2.65. The molecular weight excluding hydrogens is 490 g/mol. The zero-order valence-corrected chi connectivity index (χ0v) is 22.6. The van der Waals surface area contributed by atoms with Crippen molar-refractivity contribution in [3.8, 4) is 0 Å². The third-order valence-electron chi connectivity index (χ3n) is 10.4. The average Bonchev–Trinajstić information content (AvgIpc) is 3.13. The van der Waals surface area contributed by atoms with E-state index in [9.17, 15) is 29.4 Å². The molecule has 4 aliphatic rings. The number of oxime groups is 1. The number of hydrogen-bond donors (Lipinski definition) is 4. The molecule has 3 fully saturated rings. The number of aliphatic hydroxyl groups is 1. The molecule has 5 N–H and O–H groups in total. The highest BCUT2D eigenvalue weighted by atomic mass is 16.6. The third-order valence-corrected chi connectivity index (χ3v) is 10.4. The molecule has 210 valence electrons. The Labute approximate surface area is 223 Å². The van der Waals surface area contributed by atoms with Gasteiger partial charge in [0.15, 0.2) is 12.4 Å². The number of aliphatic carboxylic acids is 1. The first-order valence-electron chi connectivity index (χ1n) is 13.8. The minimum absolute atomic E-state index is 0.0344. The Balaban J connectivity index is 1.38. The van der Waals surface area contributed by atoms with Crippen molar-refractivity contribution in [2.24, 2.45) is 39.5 Å². The molecule has 0 unspecified atom stereocenters. The Kier molecular flexibility index (Phi) is 7.76. The number of carbonyl (C=O) groups excluding carboxylic acids is 3. The first-order chi connectivity index (χ1) is 17.8. The lowest BCUT2D eigenvalue weighted by molar-refractivity contribution is -0.159. The maximum Gasteiger partial charge on any atom is 0.326 e. The van der Waals surface area contributed by atoms with Crippen LogP contribution in [0.4, 0.5) is 0 Å². The lowest BCUT2D eigenvalue weighted by Gasteiger charge is -2.59.